The third-order valence-electron chi connectivity index (χ3n) is 3.18. The standard InChI is InChI=1S/C16H19F3N4/c1-11(2)7-8-20-14-9-15(22-10-21-14)23-13-5-3-12(4-6-13)16(17,18)19/h3-6,9-11H,7-8H2,1-2H3,(H2,20,21,22,23). The van der Waals surface area contributed by atoms with Gasteiger partial charge in [0.15, 0.2) is 0 Å². The van der Waals surface area contributed by atoms with E-state index in [1.807, 2.05) is 0 Å². The molecule has 2 rings (SSSR count). The van der Waals surface area contributed by atoms with Gasteiger partial charge >= 0.3 is 6.18 Å². The molecule has 0 aliphatic rings. The van der Waals surface area contributed by atoms with Crippen LogP contribution in [0.3, 0.4) is 0 Å². The first-order valence-corrected chi connectivity index (χ1v) is 7.35. The average Bonchev–Trinajstić information content (AvgIpc) is 2.47. The number of alkyl halides is 3. The highest BCUT2D eigenvalue weighted by molar-refractivity contribution is 5.59. The van der Waals surface area contributed by atoms with Gasteiger partial charge in [-0.15, -0.1) is 0 Å². The molecule has 0 fully saturated rings. The molecular formula is C16H19F3N4. The summed E-state index contributed by atoms with van der Waals surface area (Å²) >= 11 is 0. The third-order valence-corrected chi connectivity index (χ3v) is 3.18. The lowest BCUT2D eigenvalue weighted by molar-refractivity contribution is -0.137. The number of benzene rings is 1. The summed E-state index contributed by atoms with van der Waals surface area (Å²) in [7, 11) is 0. The molecular weight excluding hydrogens is 305 g/mol. The van der Waals surface area contributed by atoms with E-state index in [4.69, 9.17) is 0 Å². The number of nitrogens with one attached hydrogen (secondary N) is 2. The van der Waals surface area contributed by atoms with Crippen molar-refractivity contribution in [3.05, 3.63) is 42.2 Å². The van der Waals surface area contributed by atoms with Crippen molar-refractivity contribution in [1.29, 1.82) is 0 Å². The van der Waals surface area contributed by atoms with Crippen LogP contribution in [0.5, 0.6) is 0 Å². The first kappa shape index (κ1) is 17.1. The van der Waals surface area contributed by atoms with E-state index >= 15 is 0 Å². The molecule has 0 spiro atoms. The minimum Gasteiger partial charge on any atom is -0.370 e. The molecule has 0 radical (unpaired) electrons. The Labute approximate surface area is 133 Å². The minimum atomic E-state index is -4.33. The molecule has 0 atom stereocenters. The summed E-state index contributed by atoms with van der Waals surface area (Å²) < 4.78 is 37.6. The molecule has 0 bridgehead atoms. The summed E-state index contributed by atoms with van der Waals surface area (Å²) in [5.74, 6) is 1.79. The van der Waals surface area contributed by atoms with Crippen LogP contribution in [0.2, 0.25) is 0 Å². The number of rotatable bonds is 6. The topological polar surface area (TPSA) is 49.8 Å². The maximum absolute atomic E-state index is 12.5. The van der Waals surface area contributed by atoms with Crippen LogP contribution in [-0.4, -0.2) is 16.5 Å². The first-order chi connectivity index (χ1) is 10.8. The minimum absolute atomic E-state index is 0.520. The van der Waals surface area contributed by atoms with Crippen molar-refractivity contribution in [1.82, 2.24) is 9.97 Å². The Kier molecular flexibility index (Phi) is 5.41. The molecule has 0 aliphatic heterocycles. The van der Waals surface area contributed by atoms with Gasteiger partial charge in [-0.05, 0) is 36.6 Å². The molecule has 0 unspecified atom stereocenters. The molecule has 0 saturated heterocycles. The van der Waals surface area contributed by atoms with Crippen LogP contribution in [0.25, 0.3) is 0 Å². The van der Waals surface area contributed by atoms with Gasteiger partial charge in [-0.25, -0.2) is 9.97 Å². The van der Waals surface area contributed by atoms with Crippen molar-refractivity contribution < 1.29 is 13.2 Å². The third kappa shape index (κ3) is 5.43. The highest BCUT2D eigenvalue weighted by atomic mass is 19.4. The molecule has 23 heavy (non-hydrogen) atoms. The van der Waals surface area contributed by atoms with Crippen molar-refractivity contribution in [2.75, 3.05) is 17.2 Å². The monoisotopic (exact) mass is 324 g/mol. The lowest BCUT2D eigenvalue weighted by atomic mass is 10.1. The Morgan fingerprint density at radius 3 is 2.30 bits per heavy atom. The van der Waals surface area contributed by atoms with Crippen molar-refractivity contribution in [2.24, 2.45) is 5.92 Å². The Balaban J connectivity index is 2.00. The second kappa shape index (κ2) is 7.30. The van der Waals surface area contributed by atoms with Crippen LogP contribution in [-0.2, 0) is 6.18 Å². The zero-order valence-electron chi connectivity index (χ0n) is 13.0. The van der Waals surface area contributed by atoms with E-state index in [2.05, 4.69) is 34.4 Å². The fourth-order valence-electron chi connectivity index (χ4n) is 1.90. The van der Waals surface area contributed by atoms with E-state index in [1.165, 1.54) is 18.5 Å². The van der Waals surface area contributed by atoms with E-state index < -0.39 is 11.7 Å². The second-order valence-corrected chi connectivity index (χ2v) is 5.60. The Bertz CT molecular complexity index is 624. The summed E-state index contributed by atoms with van der Waals surface area (Å²) in [6.45, 7) is 5.08. The Morgan fingerprint density at radius 1 is 1.04 bits per heavy atom. The number of hydrogen-bond acceptors (Lipinski definition) is 4. The van der Waals surface area contributed by atoms with Crippen LogP contribution in [0, 0.1) is 5.92 Å². The summed E-state index contributed by atoms with van der Waals surface area (Å²) in [4.78, 5) is 8.18. The van der Waals surface area contributed by atoms with Gasteiger partial charge in [0.05, 0.1) is 5.56 Å². The SMILES string of the molecule is CC(C)CCNc1cc(Nc2ccc(C(F)(F)F)cc2)ncn1. The molecule has 0 aliphatic carbocycles. The predicted molar refractivity (Wildman–Crippen MR) is 84.7 cm³/mol. The summed E-state index contributed by atoms with van der Waals surface area (Å²) in [6, 6.07) is 6.53. The van der Waals surface area contributed by atoms with Crippen LogP contribution in [0.4, 0.5) is 30.5 Å². The van der Waals surface area contributed by atoms with Crippen molar-refractivity contribution in [3.63, 3.8) is 0 Å². The largest absolute Gasteiger partial charge is 0.416 e. The number of nitrogens with zero attached hydrogens (tertiary/aromatic N) is 2. The molecule has 1 heterocycles. The Morgan fingerprint density at radius 2 is 1.70 bits per heavy atom. The highest BCUT2D eigenvalue weighted by Gasteiger charge is 2.29. The molecule has 0 amide bonds. The normalized spacial score (nSPS) is 11.6. The van der Waals surface area contributed by atoms with Crippen molar-refractivity contribution in [3.8, 4) is 0 Å². The van der Waals surface area contributed by atoms with E-state index in [-0.39, 0.29) is 0 Å². The van der Waals surface area contributed by atoms with Gasteiger partial charge in [0.2, 0.25) is 0 Å². The molecule has 2 N–H and O–H groups in total. The molecule has 0 saturated carbocycles. The highest BCUT2D eigenvalue weighted by Crippen LogP contribution is 2.30. The first-order valence-electron chi connectivity index (χ1n) is 7.35. The van der Waals surface area contributed by atoms with Gasteiger partial charge < -0.3 is 10.6 Å². The lowest BCUT2D eigenvalue weighted by Crippen LogP contribution is -2.07. The van der Waals surface area contributed by atoms with Crippen LogP contribution in [0.15, 0.2) is 36.7 Å². The van der Waals surface area contributed by atoms with Crippen LogP contribution in [0.1, 0.15) is 25.8 Å². The van der Waals surface area contributed by atoms with Crippen molar-refractivity contribution in [2.45, 2.75) is 26.4 Å². The van der Waals surface area contributed by atoms with Gasteiger partial charge in [-0.1, -0.05) is 13.8 Å². The maximum Gasteiger partial charge on any atom is 0.416 e. The van der Waals surface area contributed by atoms with E-state index in [0.717, 1.165) is 25.1 Å². The number of halogens is 3. The summed E-state index contributed by atoms with van der Waals surface area (Å²) in [5, 5.41) is 6.15. The van der Waals surface area contributed by atoms with Gasteiger partial charge in [-0.3, -0.25) is 0 Å². The fourth-order valence-corrected chi connectivity index (χ4v) is 1.90. The van der Waals surface area contributed by atoms with E-state index in [1.54, 1.807) is 6.07 Å². The molecule has 1 aromatic heterocycles. The van der Waals surface area contributed by atoms with E-state index in [0.29, 0.717) is 23.2 Å². The molecule has 4 nitrogen and oxygen atoms in total. The average molecular weight is 324 g/mol. The lowest BCUT2D eigenvalue weighted by Gasteiger charge is -2.11. The summed E-state index contributed by atoms with van der Waals surface area (Å²) in [6.07, 6.45) is -1.91. The fraction of sp³-hybridized carbons (Fsp3) is 0.375. The summed E-state index contributed by atoms with van der Waals surface area (Å²) in [5.41, 5.74) is -0.147. The number of hydrogen-bond donors (Lipinski definition) is 2. The molecule has 124 valence electrons. The molecule has 7 heteroatoms. The smallest absolute Gasteiger partial charge is 0.370 e. The van der Waals surface area contributed by atoms with Gasteiger partial charge in [0.25, 0.3) is 0 Å². The Hall–Kier alpha value is -2.31. The van der Waals surface area contributed by atoms with Gasteiger partial charge in [0.1, 0.15) is 18.0 Å². The number of anilines is 3. The van der Waals surface area contributed by atoms with Crippen molar-refractivity contribution >= 4 is 17.3 Å². The zero-order chi connectivity index (χ0) is 16.9. The molecule has 1 aromatic carbocycles. The zero-order valence-corrected chi connectivity index (χ0v) is 13.0. The van der Waals surface area contributed by atoms with Crippen LogP contribution < -0.4 is 10.6 Å². The quantitative estimate of drug-likeness (QED) is 0.809. The molecule has 2 aromatic rings. The van der Waals surface area contributed by atoms with Gasteiger partial charge in [0, 0.05) is 18.3 Å². The van der Waals surface area contributed by atoms with E-state index in [9.17, 15) is 13.2 Å². The predicted octanol–water partition coefficient (Wildman–Crippen LogP) is 4.70. The number of aromatic nitrogens is 2. The van der Waals surface area contributed by atoms with Gasteiger partial charge in [-0.2, -0.15) is 13.2 Å². The maximum atomic E-state index is 12.5. The van der Waals surface area contributed by atoms with Crippen LogP contribution >= 0.6 is 0 Å². The second-order valence-electron chi connectivity index (χ2n) is 5.60.